The molecule has 0 aliphatic carbocycles. The number of carbonyl (C=O) groups excluding carboxylic acids is 1. The lowest BCUT2D eigenvalue weighted by Crippen LogP contribution is -2.44. The molecule has 2 N–H and O–H groups in total. The van der Waals surface area contributed by atoms with Crippen LogP contribution in [0.3, 0.4) is 0 Å². The lowest BCUT2D eigenvalue weighted by Gasteiger charge is -2.32. The van der Waals surface area contributed by atoms with Gasteiger partial charge < -0.3 is 10.6 Å². The fraction of sp³-hybridized carbons (Fsp3) is 0.588. The first-order valence-electron chi connectivity index (χ1n) is 8.07. The number of piperidine rings is 1. The molecule has 21 heavy (non-hydrogen) atoms. The Morgan fingerprint density at radius 1 is 1.24 bits per heavy atom. The zero-order valence-electron chi connectivity index (χ0n) is 12.8. The smallest absolute Gasteiger partial charge is 0.221 e. The first kappa shape index (κ1) is 14.5. The molecule has 4 nitrogen and oxygen atoms in total. The van der Waals surface area contributed by atoms with Crippen molar-refractivity contribution in [3.05, 3.63) is 29.8 Å². The number of anilines is 1. The average molecular weight is 287 g/mol. The van der Waals surface area contributed by atoms with Crippen LogP contribution in [-0.2, 0) is 11.3 Å². The molecular weight excluding hydrogens is 262 g/mol. The second-order valence-electron chi connectivity index (χ2n) is 6.21. The molecule has 2 aliphatic heterocycles. The number of benzene rings is 1. The van der Waals surface area contributed by atoms with Gasteiger partial charge in [-0.1, -0.05) is 24.6 Å². The van der Waals surface area contributed by atoms with Crippen molar-refractivity contribution in [2.45, 2.75) is 51.2 Å². The van der Waals surface area contributed by atoms with Crippen LogP contribution in [0.4, 0.5) is 5.69 Å². The Labute approximate surface area is 126 Å². The molecule has 2 aliphatic rings. The summed E-state index contributed by atoms with van der Waals surface area (Å²) in [5, 5.41) is 6.63. The standard InChI is InChI=1S/C17H25N3O/c1-13(21)19-15-7-3-2-6-14(15)12-18-16-9-11-20-10-5-4-8-17(16)20/h2-3,6-7,16-18H,4-5,8-12H2,1H3,(H,19,21). The zero-order valence-corrected chi connectivity index (χ0v) is 12.8. The van der Waals surface area contributed by atoms with E-state index in [1.165, 1.54) is 44.3 Å². The largest absolute Gasteiger partial charge is 0.326 e. The van der Waals surface area contributed by atoms with Crippen LogP contribution >= 0.6 is 0 Å². The highest BCUT2D eigenvalue weighted by Crippen LogP contribution is 2.27. The van der Waals surface area contributed by atoms with Crippen LogP contribution in [0.5, 0.6) is 0 Å². The monoisotopic (exact) mass is 287 g/mol. The minimum Gasteiger partial charge on any atom is -0.326 e. The van der Waals surface area contributed by atoms with Gasteiger partial charge in [-0.3, -0.25) is 9.69 Å². The number of para-hydroxylation sites is 1. The number of rotatable bonds is 4. The van der Waals surface area contributed by atoms with Gasteiger partial charge in [0.05, 0.1) is 0 Å². The van der Waals surface area contributed by atoms with Gasteiger partial charge in [0.25, 0.3) is 0 Å². The second-order valence-corrected chi connectivity index (χ2v) is 6.21. The Bertz CT molecular complexity index is 503. The lowest BCUT2D eigenvalue weighted by atomic mass is 9.99. The molecule has 0 saturated carbocycles. The van der Waals surface area contributed by atoms with E-state index in [-0.39, 0.29) is 5.91 Å². The molecule has 0 bridgehead atoms. The maximum absolute atomic E-state index is 11.3. The summed E-state index contributed by atoms with van der Waals surface area (Å²) in [6.45, 7) is 4.88. The van der Waals surface area contributed by atoms with Gasteiger partial charge in [-0.25, -0.2) is 0 Å². The SMILES string of the molecule is CC(=O)Nc1ccccc1CNC1CCN2CCCCC12. The molecule has 0 radical (unpaired) electrons. The van der Waals surface area contributed by atoms with Crippen molar-refractivity contribution in [2.75, 3.05) is 18.4 Å². The van der Waals surface area contributed by atoms with Crippen LogP contribution in [0.25, 0.3) is 0 Å². The lowest BCUT2D eigenvalue weighted by molar-refractivity contribution is -0.114. The molecule has 3 rings (SSSR count). The predicted molar refractivity (Wildman–Crippen MR) is 85.2 cm³/mol. The summed E-state index contributed by atoms with van der Waals surface area (Å²) in [4.78, 5) is 13.9. The summed E-state index contributed by atoms with van der Waals surface area (Å²) >= 11 is 0. The molecule has 2 heterocycles. The highest BCUT2D eigenvalue weighted by Gasteiger charge is 2.34. The molecule has 2 saturated heterocycles. The normalized spacial score (nSPS) is 25.6. The van der Waals surface area contributed by atoms with Gasteiger partial charge in [-0.2, -0.15) is 0 Å². The predicted octanol–water partition coefficient (Wildman–Crippen LogP) is 2.36. The third kappa shape index (κ3) is 3.44. The second kappa shape index (κ2) is 6.58. The van der Waals surface area contributed by atoms with E-state index in [0.29, 0.717) is 12.1 Å². The van der Waals surface area contributed by atoms with Crippen molar-refractivity contribution in [3.63, 3.8) is 0 Å². The first-order valence-corrected chi connectivity index (χ1v) is 8.07. The quantitative estimate of drug-likeness (QED) is 0.893. The van der Waals surface area contributed by atoms with Gasteiger partial charge in [0.2, 0.25) is 5.91 Å². The van der Waals surface area contributed by atoms with Crippen molar-refractivity contribution in [1.82, 2.24) is 10.2 Å². The number of fused-ring (bicyclic) bond motifs is 1. The molecule has 2 unspecified atom stereocenters. The maximum Gasteiger partial charge on any atom is 0.221 e. The van der Waals surface area contributed by atoms with E-state index in [0.717, 1.165) is 12.2 Å². The van der Waals surface area contributed by atoms with Crippen LogP contribution in [0.2, 0.25) is 0 Å². The third-order valence-corrected chi connectivity index (χ3v) is 4.74. The van der Waals surface area contributed by atoms with E-state index in [1.807, 2.05) is 18.2 Å². The summed E-state index contributed by atoms with van der Waals surface area (Å²) in [5.74, 6) is -0.0122. The van der Waals surface area contributed by atoms with Gasteiger partial charge in [-0.05, 0) is 37.4 Å². The summed E-state index contributed by atoms with van der Waals surface area (Å²) in [6, 6.07) is 9.37. The van der Waals surface area contributed by atoms with E-state index in [4.69, 9.17) is 0 Å². The molecule has 114 valence electrons. The van der Waals surface area contributed by atoms with Crippen LogP contribution < -0.4 is 10.6 Å². The van der Waals surface area contributed by atoms with Crippen molar-refractivity contribution < 1.29 is 4.79 Å². The summed E-state index contributed by atoms with van der Waals surface area (Å²) in [6.07, 6.45) is 5.29. The highest BCUT2D eigenvalue weighted by atomic mass is 16.1. The number of carbonyl (C=O) groups is 1. The number of hydrogen-bond donors (Lipinski definition) is 2. The minimum atomic E-state index is -0.0122. The van der Waals surface area contributed by atoms with Crippen molar-refractivity contribution in [1.29, 1.82) is 0 Å². The van der Waals surface area contributed by atoms with Crippen molar-refractivity contribution in [3.8, 4) is 0 Å². The third-order valence-electron chi connectivity index (χ3n) is 4.74. The van der Waals surface area contributed by atoms with Crippen LogP contribution in [-0.4, -0.2) is 36.0 Å². The Morgan fingerprint density at radius 3 is 2.95 bits per heavy atom. The molecule has 1 aromatic rings. The number of amides is 1. The van der Waals surface area contributed by atoms with E-state index in [2.05, 4.69) is 21.6 Å². The van der Waals surface area contributed by atoms with Gasteiger partial charge in [-0.15, -0.1) is 0 Å². The molecule has 1 amide bonds. The molecular formula is C17H25N3O. The van der Waals surface area contributed by atoms with Gasteiger partial charge >= 0.3 is 0 Å². The fourth-order valence-electron chi connectivity index (χ4n) is 3.71. The van der Waals surface area contributed by atoms with Crippen LogP contribution in [0.15, 0.2) is 24.3 Å². The molecule has 2 atom stereocenters. The topological polar surface area (TPSA) is 44.4 Å². The van der Waals surface area contributed by atoms with E-state index < -0.39 is 0 Å². The van der Waals surface area contributed by atoms with Gasteiger partial charge in [0.1, 0.15) is 0 Å². The van der Waals surface area contributed by atoms with Crippen LogP contribution in [0.1, 0.15) is 38.2 Å². The van der Waals surface area contributed by atoms with E-state index >= 15 is 0 Å². The van der Waals surface area contributed by atoms with Gasteiger partial charge in [0, 0.05) is 37.8 Å². The first-order chi connectivity index (χ1) is 10.2. The molecule has 0 aromatic heterocycles. The molecule has 4 heteroatoms. The van der Waals surface area contributed by atoms with E-state index in [1.54, 1.807) is 6.92 Å². The fourth-order valence-corrected chi connectivity index (χ4v) is 3.71. The Morgan fingerprint density at radius 2 is 2.10 bits per heavy atom. The van der Waals surface area contributed by atoms with Crippen LogP contribution in [0, 0.1) is 0 Å². The average Bonchev–Trinajstić information content (AvgIpc) is 2.89. The highest BCUT2D eigenvalue weighted by molar-refractivity contribution is 5.89. The van der Waals surface area contributed by atoms with E-state index in [9.17, 15) is 4.79 Å². The summed E-state index contributed by atoms with van der Waals surface area (Å²) < 4.78 is 0. The Balaban J connectivity index is 1.61. The number of hydrogen-bond acceptors (Lipinski definition) is 3. The Hall–Kier alpha value is -1.39. The number of nitrogens with zero attached hydrogens (tertiary/aromatic N) is 1. The summed E-state index contributed by atoms with van der Waals surface area (Å²) in [5.41, 5.74) is 2.10. The summed E-state index contributed by atoms with van der Waals surface area (Å²) in [7, 11) is 0. The molecule has 1 aromatic carbocycles. The molecule has 0 spiro atoms. The minimum absolute atomic E-state index is 0.0122. The van der Waals surface area contributed by atoms with Crippen molar-refractivity contribution >= 4 is 11.6 Å². The molecule has 2 fully saturated rings. The van der Waals surface area contributed by atoms with Gasteiger partial charge in [0.15, 0.2) is 0 Å². The maximum atomic E-state index is 11.3. The Kier molecular flexibility index (Phi) is 4.56. The van der Waals surface area contributed by atoms with Crippen molar-refractivity contribution in [2.24, 2.45) is 0 Å². The zero-order chi connectivity index (χ0) is 14.7. The number of nitrogens with one attached hydrogen (secondary N) is 2.